The monoisotopic (exact) mass is 517 g/mol. The number of nitrogens with zero attached hydrogens (tertiary/aromatic N) is 3. The van der Waals surface area contributed by atoms with Crippen molar-refractivity contribution >= 4 is 29.9 Å². The second-order valence-corrected chi connectivity index (χ2v) is 8.21. The minimum atomic E-state index is 0. The number of hydrogen-bond donors (Lipinski definition) is 2. The standard InChI is InChI=1S/C21H35N5O2.HI/c1-16(2)13-26-8-9-27-19(14-26)12-25-21(22-3)24-11-18-6-7-20(23-10-18)28-15-17-4-5-17;/h6-7,10,16-17,19H,4-5,8-9,11-15H2,1-3H3,(H2,22,24,25);1H. The van der Waals surface area contributed by atoms with Gasteiger partial charge < -0.3 is 20.1 Å². The number of hydrogen-bond acceptors (Lipinski definition) is 5. The van der Waals surface area contributed by atoms with E-state index in [0.717, 1.165) is 56.8 Å². The van der Waals surface area contributed by atoms with E-state index in [2.05, 4.69) is 39.4 Å². The summed E-state index contributed by atoms with van der Waals surface area (Å²) in [5.74, 6) is 2.90. The smallest absolute Gasteiger partial charge is 0.213 e. The van der Waals surface area contributed by atoms with Crippen LogP contribution in [0.15, 0.2) is 23.3 Å². The van der Waals surface area contributed by atoms with Gasteiger partial charge in [-0.15, -0.1) is 24.0 Å². The van der Waals surface area contributed by atoms with Gasteiger partial charge in [0, 0.05) is 52.0 Å². The Morgan fingerprint density at radius 2 is 2.17 bits per heavy atom. The molecule has 3 rings (SSSR count). The highest BCUT2D eigenvalue weighted by Crippen LogP contribution is 2.29. The van der Waals surface area contributed by atoms with Crippen molar-refractivity contribution in [2.45, 2.75) is 39.3 Å². The summed E-state index contributed by atoms with van der Waals surface area (Å²) in [5, 5.41) is 6.71. The Labute approximate surface area is 192 Å². The highest BCUT2D eigenvalue weighted by atomic mass is 127. The molecule has 2 heterocycles. The zero-order chi connectivity index (χ0) is 19.8. The normalized spacial score (nSPS) is 20.3. The summed E-state index contributed by atoms with van der Waals surface area (Å²) in [7, 11) is 1.79. The Kier molecular flexibility index (Phi) is 10.4. The maximum absolute atomic E-state index is 5.89. The number of halogens is 1. The van der Waals surface area contributed by atoms with Crippen LogP contribution in [0.3, 0.4) is 0 Å². The number of rotatable bonds is 9. The molecule has 164 valence electrons. The summed E-state index contributed by atoms with van der Waals surface area (Å²) in [6, 6.07) is 3.98. The molecule has 8 heteroatoms. The van der Waals surface area contributed by atoms with E-state index in [4.69, 9.17) is 9.47 Å². The molecule has 1 saturated carbocycles. The third-order valence-corrected chi connectivity index (χ3v) is 4.99. The van der Waals surface area contributed by atoms with Gasteiger partial charge in [-0.2, -0.15) is 0 Å². The Morgan fingerprint density at radius 3 is 2.83 bits per heavy atom. The maximum Gasteiger partial charge on any atom is 0.213 e. The third kappa shape index (κ3) is 9.04. The second kappa shape index (κ2) is 12.5. The molecule has 7 nitrogen and oxygen atoms in total. The van der Waals surface area contributed by atoms with Crippen molar-refractivity contribution in [2.75, 3.05) is 46.4 Å². The van der Waals surface area contributed by atoms with E-state index in [-0.39, 0.29) is 30.1 Å². The third-order valence-electron chi connectivity index (χ3n) is 4.99. The van der Waals surface area contributed by atoms with Crippen LogP contribution in [0.25, 0.3) is 0 Å². The van der Waals surface area contributed by atoms with Crippen LogP contribution >= 0.6 is 24.0 Å². The first-order valence-electron chi connectivity index (χ1n) is 10.5. The number of morpholine rings is 1. The number of aliphatic imine (C=N–C) groups is 1. The van der Waals surface area contributed by atoms with E-state index in [9.17, 15) is 0 Å². The summed E-state index contributed by atoms with van der Waals surface area (Å²) in [6.07, 6.45) is 4.62. The van der Waals surface area contributed by atoms with E-state index in [1.807, 2.05) is 18.3 Å². The van der Waals surface area contributed by atoms with Gasteiger partial charge in [-0.25, -0.2) is 4.98 Å². The first kappa shape index (κ1) is 24.1. The second-order valence-electron chi connectivity index (χ2n) is 8.21. The van der Waals surface area contributed by atoms with Crippen LogP contribution in [0.4, 0.5) is 0 Å². The van der Waals surface area contributed by atoms with Crippen molar-refractivity contribution in [1.29, 1.82) is 0 Å². The molecule has 0 bridgehead atoms. The quantitative estimate of drug-likeness (QED) is 0.298. The fourth-order valence-corrected chi connectivity index (χ4v) is 3.29. The molecule has 0 aromatic carbocycles. The molecule has 2 aliphatic rings. The van der Waals surface area contributed by atoms with Gasteiger partial charge in [0.2, 0.25) is 5.88 Å². The fraction of sp³-hybridized carbons (Fsp3) is 0.714. The summed E-state index contributed by atoms with van der Waals surface area (Å²) in [5.41, 5.74) is 1.10. The van der Waals surface area contributed by atoms with Crippen LogP contribution in [0.5, 0.6) is 5.88 Å². The van der Waals surface area contributed by atoms with Crippen molar-refractivity contribution in [1.82, 2.24) is 20.5 Å². The molecular formula is C21H36IN5O2. The largest absolute Gasteiger partial charge is 0.477 e. The Hall–Kier alpha value is -1.13. The molecule has 0 amide bonds. The first-order chi connectivity index (χ1) is 13.6. The lowest BCUT2D eigenvalue weighted by atomic mass is 10.2. The molecule has 1 aromatic rings. The van der Waals surface area contributed by atoms with Gasteiger partial charge in [0.1, 0.15) is 0 Å². The van der Waals surface area contributed by atoms with Gasteiger partial charge in [-0.3, -0.25) is 9.89 Å². The molecule has 29 heavy (non-hydrogen) atoms. The Morgan fingerprint density at radius 1 is 1.34 bits per heavy atom. The van der Waals surface area contributed by atoms with Crippen LogP contribution in [0, 0.1) is 11.8 Å². The molecule has 1 atom stereocenters. The molecule has 1 unspecified atom stereocenters. The van der Waals surface area contributed by atoms with Crippen molar-refractivity contribution in [2.24, 2.45) is 16.8 Å². The minimum absolute atomic E-state index is 0. The predicted octanol–water partition coefficient (Wildman–Crippen LogP) is 2.51. The predicted molar refractivity (Wildman–Crippen MR) is 127 cm³/mol. The van der Waals surface area contributed by atoms with E-state index in [0.29, 0.717) is 18.3 Å². The van der Waals surface area contributed by atoms with Gasteiger partial charge >= 0.3 is 0 Å². The van der Waals surface area contributed by atoms with E-state index in [1.165, 1.54) is 12.8 Å². The molecule has 1 aromatic heterocycles. The fourth-order valence-electron chi connectivity index (χ4n) is 3.29. The average Bonchev–Trinajstić information content (AvgIpc) is 3.52. The summed E-state index contributed by atoms with van der Waals surface area (Å²) in [4.78, 5) is 11.2. The number of guanidine groups is 1. The zero-order valence-corrected chi connectivity index (χ0v) is 20.2. The molecule has 1 aliphatic carbocycles. The maximum atomic E-state index is 5.89. The van der Waals surface area contributed by atoms with E-state index >= 15 is 0 Å². The SMILES string of the molecule is CN=C(NCc1ccc(OCC2CC2)nc1)NCC1CN(CC(C)C)CCO1.I. The van der Waals surface area contributed by atoms with Gasteiger partial charge in [0.15, 0.2) is 5.96 Å². The van der Waals surface area contributed by atoms with Crippen molar-refractivity contribution in [3.05, 3.63) is 23.9 Å². The highest BCUT2D eigenvalue weighted by Gasteiger charge is 2.22. The molecule has 1 aliphatic heterocycles. The average molecular weight is 517 g/mol. The Balaban J connectivity index is 0.00000300. The molecule has 0 spiro atoms. The number of nitrogens with one attached hydrogen (secondary N) is 2. The lowest BCUT2D eigenvalue weighted by Gasteiger charge is -2.34. The number of ether oxygens (including phenoxy) is 2. The van der Waals surface area contributed by atoms with E-state index in [1.54, 1.807) is 7.05 Å². The van der Waals surface area contributed by atoms with Crippen LogP contribution in [-0.2, 0) is 11.3 Å². The van der Waals surface area contributed by atoms with Crippen LogP contribution in [-0.4, -0.2) is 68.4 Å². The summed E-state index contributed by atoms with van der Waals surface area (Å²) < 4.78 is 11.6. The van der Waals surface area contributed by atoms with Crippen LogP contribution in [0.2, 0.25) is 0 Å². The van der Waals surface area contributed by atoms with Gasteiger partial charge in [0.05, 0.1) is 19.3 Å². The molecule has 2 N–H and O–H groups in total. The minimum Gasteiger partial charge on any atom is -0.477 e. The van der Waals surface area contributed by atoms with Gasteiger partial charge in [-0.05, 0) is 30.2 Å². The zero-order valence-electron chi connectivity index (χ0n) is 17.9. The topological polar surface area (TPSA) is 71.0 Å². The molecular weight excluding hydrogens is 481 g/mol. The number of aromatic nitrogens is 1. The van der Waals surface area contributed by atoms with Crippen molar-refractivity contribution in [3.63, 3.8) is 0 Å². The van der Waals surface area contributed by atoms with Gasteiger partial charge in [0.25, 0.3) is 0 Å². The first-order valence-corrected chi connectivity index (χ1v) is 10.5. The van der Waals surface area contributed by atoms with Crippen LogP contribution in [0.1, 0.15) is 32.3 Å². The van der Waals surface area contributed by atoms with Crippen molar-refractivity contribution in [3.8, 4) is 5.88 Å². The molecule has 1 saturated heterocycles. The van der Waals surface area contributed by atoms with Crippen molar-refractivity contribution < 1.29 is 9.47 Å². The van der Waals surface area contributed by atoms with Gasteiger partial charge in [-0.1, -0.05) is 19.9 Å². The summed E-state index contributed by atoms with van der Waals surface area (Å²) >= 11 is 0. The number of pyridine rings is 1. The Bertz CT molecular complexity index is 622. The highest BCUT2D eigenvalue weighted by molar-refractivity contribution is 14.0. The lowest BCUT2D eigenvalue weighted by Crippen LogP contribution is -2.50. The summed E-state index contributed by atoms with van der Waals surface area (Å²) in [6.45, 7) is 10.6. The van der Waals surface area contributed by atoms with Crippen LogP contribution < -0.4 is 15.4 Å². The lowest BCUT2D eigenvalue weighted by molar-refractivity contribution is -0.0284. The molecule has 0 radical (unpaired) electrons. The van der Waals surface area contributed by atoms with E-state index < -0.39 is 0 Å². The molecule has 2 fully saturated rings.